The minimum atomic E-state index is -0.227. The molecular formula is C15H18FNO. The molecule has 0 fully saturated rings. The van der Waals surface area contributed by atoms with Crippen LogP contribution in [-0.4, -0.2) is 12.5 Å². The normalized spacial score (nSPS) is 17.9. The Bertz CT molecular complexity index is 442. The van der Waals surface area contributed by atoms with E-state index in [0.29, 0.717) is 25.3 Å². The largest absolute Gasteiger partial charge is 0.356 e. The first-order valence-corrected chi connectivity index (χ1v) is 6.42. The highest BCUT2D eigenvalue weighted by Crippen LogP contribution is 2.19. The zero-order valence-corrected chi connectivity index (χ0v) is 10.4. The predicted molar refractivity (Wildman–Crippen MR) is 69.6 cm³/mol. The number of nitrogens with one attached hydrogen (secondary N) is 1. The number of hydrogen-bond acceptors (Lipinski definition) is 1. The van der Waals surface area contributed by atoms with Crippen LogP contribution in [0, 0.1) is 11.7 Å². The van der Waals surface area contributed by atoms with Gasteiger partial charge in [-0.3, -0.25) is 4.79 Å². The van der Waals surface area contributed by atoms with Gasteiger partial charge in [0, 0.05) is 13.0 Å². The Labute approximate surface area is 107 Å². The summed E-state index contributed by atoms with van der Waals surface area (Å²) in [6.45, 7) is 0.568. The topological polar surface area (TPSA) is 29.1 Å². The van der Waals surface area contributed by atoms with Gasteiger partial charge in [-0.1, -0.05) is 24.3 Å². The van der Waals surface area contributed by atoms with Crippen LogP contribution in [0.25, 0.3) is 0 Å². The molecule has 0 radical (unpaired) electrons. The van der Waals surface area contributed by atoms with E-state index in [1.165, 1.54) is 12.1 Å². The van der Waals surface area contributed by atoms with Gasteiger partial charge in [0.15, 0.2) is 0 Å². The van der Waals surface area contributed by atoms with Crippen molar-refractivity contribution in [2.75, 3.05) is 6.54 Å². The SMILES string of the molecule is O=C(CC1C=CCC1)NCCc1cccc(F)c1. The van der Waals surface area contributed by atoms with Gasteiger partial charge < -0.3 is 5.32 Å². The fourth-order valence-electron chi connectivity index (χ4n) is 2.21. The number of carbonyl (C=O) groups is 1. The molecule has 2 nitrogen and oxygen atoms in total. The van der Waals surface area contributed by atoms with Crippen LogP contribution in [0.3, 0.4) is 0 Å². The van der Waals surface area contributed by atoms with Crippen LogP contribution in [0.5, 0.6) is 0 Å². The van der Waals surface area contributed by atoms with E-state index >= 15 is 0 Å². The van der Waals surface area contributed by atoms with Crippen LogP contribution in [0.1, 0.15) is 24.8 Å². The zero-order valence-electron chi connectivity index (χ0n) is 10.4. The molecule has 18 heavy (non-hydrogen) atoms. The van der Waals surface area contributed by atoms with Gasteiger partial charge in [0.1, 0.15) is 5.82 Å². The van der Waals surface area contributed by atoms with E-state index in [9.17, 15) is 9.18 Å². The Hall–Kier alpha value is -1.64. The highest BCUT2D eigenvalue weighted by molar-refractivity contribution is 5.76. The first-order valence-electron chi connectivity index (χ1n) is 6.42. The molecule has 1 unspecified atom stereocenters. The Morgan fingerprint density at radius 2 is 2.33 bits per heavy atom. The lowest BCUT2D eigenvalue weighted by Crippen LogP contribution is -2.27. The molecule has 1 N–H and O–H groups in total. The summed E-state index contributed by atoms with van der Waals surface area (Å²) in [5, 5.41) is 2.88. The van der Waals surface area contributed by atoms with Crippen LogP contribution in [-0.2, 0) is 11.2 Å². The van der Waals surface area contributed by atoms with Gasteiger partial charge in [-0.2, -0.15) is 0 Å². The minimum Gasteiger partial charge on any atom is -0.356 e. The Morgan fingerprint density at radius 3 is 3.06 bits per heavy atom. The first kappa shape index (κ1) is 12.8. The van der Waals surface area contributed by atoms with Crippen molar-refractivity contribution in [1.82, 2.24) is 5.32 Å². The van der Waals surface area contributed by atoms with Crippen LogP contribution in [0.15, 0.2) is 36.4 Å². The maximum Gasteiger partial charge on any atom is 0.220 e. The Kier molecular flexibility index (Phi) is 4.51. The second-order valence-corrected chi connectivity index (χ2v) is 4.70. The van der Waals surface area contributed by atoms with Crippen molar-refractivity contribution in [2.45, 2.75) is 25.7 Å². The highest BCUT2D eigenvalue weighted by Gasteiger charge is 2.13. The van der Waals surface area contributed by atoms with Crippen molar-refractivity contribution in [2.24, 2.45) is 5.92 Å². The minimum absolute atomic E-state index is 0.0861. The Balaban J connectivity index is 1.68. The fourth-order valence-corrected chi connectivity index (χ4v) is 2.21. The summed E-state index contributed by atoms with van der Waals surface area (Å²) in [4.78, 5) is 11.6. The van der Waals surface area contributed by atoms with Crippen molar-refractivity contribution >= 4 is 5.91 Å². The molecule has 1 aromatic carbocycles. The third-order valence-corrected chi connectivity index (χ3v) is 3.18. The van der Waals surface area contributed by atoms with Gasteiger partial charge in [0.05, 0.1) is 0 Å². The van der Waals surface area contributed by atoms with Gasteiger partial charge in [-0.05, 0) is 42.9 Å². The summed E-state index contributed by atoms with van der Waals surface area (Å²) < 4.78 is 12.9. The molecule has 0 saturated carbocycles. The Morgan fingerprint density at radius 1 is 1.44 bits per heavy atom. The maximum absolute atomic E-state index is 12.9. The van der Waals surface area contributed by atoms with E-state index in [-0.39, 0.29) is 11.7 Å². The summed E-state index contributed by atoms with van der Waals surface area (Å²) in [6.07, 6.45) is 7.65. The van der Waals surface area contributed by atoms with Crippen molar-refractivity contribution in [1.29, 1.82) is 0 Å². The van der Waals surface area contributed by atoms with Crippen LogP contribution in [0.4, 0.5) is 4.39 Å². The molecular weight excluding hydrogens is 229 g/mol. The molecule has 0 heterocycles. The summed E-state index contributed by atoms with van der Waals surface area (Å²) in [6, 6.07) is 6.49. The standard InChI is InChI=1S/C15H18FNO/c16-14-7-3-6-13(10-14)8-9-17-15(18)11-12-4-1-2-5-12/h1,3-4,6-7,10,12H,2,5,8-9,11H2,(H,17,18). The van der Waals surface area contributed by atoms with E-state index < -0.39 is 0 Å². The molecule has 0 aromatic heterocycles. The molecule has 1 aliphatic rings. The molecule has 1 atom stereocenters. The van der Waals surface area contributed by atoms with E-state index in [2.05, 4.69) is 17.5 Å². The number of halogens is 1. The number of amides is 1. The molecule has 1 aromatic rings. The second-order valence-electron chi connectivity index (χ2n) is 4.70. The number of hydrogen-bond donors (Lipinski definition) is 1. The number of benzene rings is 1. The average Bonchev–Trinajstić information content (AvgIpc) is 2.82. The highest BCUT2D eigenvalue weighted by atomic mass is 19.1. The molecule has 0 saturated heterocycles. The summed E-state index contributed by atoms with van der Waals surface area (Å²) in [5.41, 5.74) is 0.913. The molecule has 0 aliphatic heterocycles. The smallest absolute Gasteiger partial charge is 0.220 e. The predicted octanol–water partition coefficient (Wildman–Crippen LogP) is 2.84. The molecule has 0 bridgehead atoms. The van der Waals surface area contributed by atoms with E-state index in [1.54, 1.807) is 6.07 Å². The second kappa shape index (κ2) is 6.34. The lowest BCUT2D eigenvalue weighted by molar-refractivity contribution is -0.121. The molecule has 0 spiro atoms. The monoisotopic (exact) mass is 247 g/mol. The lowest BCUT2D eigenvalue weighted by atomic mass is 10.1. The van der Waals surface area contributed by atoms with Crippen molar-refractivity contribution in [3.63, 3.8) is 0 Å². The third-order valence-electron chi connectivity index (χ3n) is 3.18. The van der Waals surface area contributed by atoms with E-state index in [4.69, 9.17) is 0 Å². The van der Waals surface area contributed by atoms with Gasteiger partial charge in [0.2, 0.25) is 5.91 Å². The van der Waals surface area contributed by atoms with Gasteiger partial charge >= 0.3 is 0 Å². The lowest BCUT2D eigenvalue weighted by Gasteiger charge is -2.08. The van der Waals surface area contributed by atoms with Crippen LogP contribution in [0.2, 0.25) is 0 Å². The van der Waals surface area contributed by atoms with Crippen molar-refractivity contribution in [3.05, 3.63) is 47.8 Å². The maximum atomic E-state index is 12.9. The summed E-state index contributed by atoms with van der Waals surface area (Å²) >= 11 is 0. The number of carbonyl (C=O) groups excluding carboxylic acids is 1. The molecule has 96 valence electrons. The molecule has 1 amide bonds. The van der Waals surface area contributed by atoms with Crippen molar-refractivity contribution in [3.8, 4) is 0 Å². The van der Waals surface area contributed by atoms with Gasteiger partial charge in [0.25, 0.3) is 0 Å². The van der Waals surface area contributed by atoms with Gasteiger partial charge in [-0.15, -0.1) is 0 Å². The van der Waals surface area contributed by atoms with Crippen LogP contribution < -0.4 is 5.32 Å². The fraction of sp³-hybridized carbons (Fsp3) is 0.400. The summed E-state index contributed by atoms with van der Waals surface area (Å²) in [7, 11) is 0. The summed E-state index contributed by atoms with van der Waals surface area (Å²) in [5.74, 6) is 0.261. The van der Waals surface area contributed by atoms with Crippen LogP contribution >= 0.6 is 0 Å². The van der Waals surface area contributed by atoms with Crippen molar-refractivity contribution < 1.29 is 9.18 Å². The molecule has 1 aliphatic carbocycles. The molecule has 2 rings (SSSR count). The van der Waals surface area contributed by atoms with E-state index in [1.807, 2.05) is 6.07 Å². The quantitative estimate of drug-likeness (QED) is 0.796. The molecule has 3 heteroatoms. The third kappa shape index (κ3) is 3.99. The number of allylic oxidation sites excluding steroid dienone is 2. The zero-order chi connectivity index (χ0) is 12.8. The number of rotatable bonds is 5. The van der Waals surface area contributed by atoms with E-state index in [0.717, 1.165) is 18.4 Å². The first-order chi connectivity index (χ1) is 8.74. The van der Waals surface area contributed by atoms with Gasteiger partial charge in [-0.25, -0.2) is 4.39 Å². The average molecular weight is 247 g/mol.